The molecule has 0 aliphatic heterocycles. The lowest BCUT2D eigenvalue weighted by atomic mass is 10.0. The third kappa shape index (κ3) is 7.24. The number of nitrogens with zero attached hydrogens (tertiary/aromatic N) is 1. The van der Waals surface area contributed by atoms with E-state index in [0.29, 0.717) is 18.3 Å². The maximum Gasteiger partial charge on any atom is 0.211 e. The number of halogens is 1. The molecule has 17 heavy (non-hydrogen) atoms. The van der Waals surface area contributed by atoms with Crippen LogP contribution in [0, 0.1) is 11.8 Å². The van der Waals surface area contributed by atoms with E-state index in [9.17, 15) is 8.42 Å². The summed E-state index contributed by atoms with van der Waals surface area (Å²) in [6.45, 7) is 6.45. The normalized spacial score (nSPS) is 16.5. The molecule has 6 heteroatoms. The molecule has 0 saturated heterocycles. The zero-order valence-corrected chi connectivity index (χ0v) is 13.0. The SMILES string of the molecule is CC(CCl)CS(=O)(=O)NCC(C(C)C)N(C)C. The predicted octanol–water partition coefficient (Wildman–Crippen LogP) is 1.37. The van der Waals surface area contributed by atoms with Gasteiger partial charge in [-0.1, -0.05) is 20.8 Å². The first-order valence-electron chi connectivity index (χ1n) is 5.89. The molecule has 2 atom stereocenters. The maximum absolute atomic E-state index is 11.8. The van der Waals surface area contributed by atoms with Crippen LogP contribution in [0.2, 0.25) is 0 Å². The predicted molar refractivity (Wildman–Crippen MR) is 74.0 cm³/mol. The Morgan fingerprint density at radius 3 is 2.12 bits per heavy atom. The Balaban J connectivity index is 4.34. The second kappa shape index (κ2) is 7.56. The van der Waals surface area contributed by atoms with Crippen LogP contribution in [0.3, 0.4) is 0 Å². The highest BCUT2D eigenvalue weighted by Gasteiger charge is 2.20. The monoisotopic (exact) mass is 284 g/mol. The minimum Gasteiger partial charge on any atom is -0.305 e. The van der Waals surface area contributed by atoms with Crippen LogP contribution >= 0.6 is 11.6 Å². The smallest absolute Gasteiger partial charge is 0.211 e. The number of hydrogen-bond donors (Lipinski definition) is 1. The summed E-state index contributed by atoms with van der Waals surface area (Å²) in [4.78, 5) is 2.04. The lowest BCUT2D eigenvalue weighted by Crippen LogP contribution is -2.44. The van der Waals surface area contributed by atoms with Crippen molar-refractivity contribution >= 4 is 21.6 Å². The molecule has 0 rings (SSSR count). The molecule has 0 radical (unpaired) electrons. The molecule has 0 aromatic carbocycles. The van der Waals surface area contributed by atoms with Gasteiger partial charge in [0.1, 0.15) is 0 Å². The van der Waals surface area contributed by atoms with Crippen molar-refractivity contribution in [2.75, 3.05) is 32.3 Å². The van der Waals surface area contributed by atoms with Crippen LogP contribution in [-0.2, 0) is 10.0 Å². The van der Waals surface area contributed by atoms with Crippen LogP contribution in [0.4, 0.5) is 0 Å². The summed E-state index contributed by atoms with van der Waals surface area (Å²) in [5, 5.41) is 0. The summed E-state index contributed by atoms with van der Waals surface area (Å²) in [6.07, 6.45) is 0. The fourth-order valence-corrected chi connectivity index (χ4v) is 3.35. The number of rotatable bonds is 8. The van der Waals surface area contributed by atoms with E-state index < -0.39 is 10.0 Å². The zero-order valence-electron chi connectivity index (χ0n) is 11.4. The van der Waals surface area contributed by atoms with E-state index >= 15 is 0 Å². The van der Waals surface area contributed by atoms with Crippen molar-refractivity contribution in [2.24, 2.45) is 11.8 Å². The third-order valence-corrected chi connectivity index (χ3v) is 4.85. The lowest BCUT2D eigenvalue weighted by molar-refractivity contribution is 0.233. The van der Waals surface area contributed by atoms with Crippen LogP contribution < -0.4 is 4.72 Å². The molecule has 0 bridgehead atoms. The quantitative estimate of drug-likeness (QED) is 0.685. The summed E-state index contributed by atoms with van der Waals surface area (Å²) >= 11 is 5.62. The Morgan fingerprint density at radius 2 is 1.76 bits per heavy atom. The second-order valence-corrected chi connectivity index (χ2v) is 7.32. The lowest BCUT2D eigenvalue weighted by Gasteiger charge is -2.28. The number of nitrogens with one attached hydrogen (secondary N) is 1. The summed E-state index contributed by atoms with van der Waals surface area (Å²) < 4.78 is 26.2. The Morgan fingerprint density at radius 1 is 1.24 bits per heavy atom. The van der Waals surface area contributed by atoms with Crippen LogP contribution in [-0.4, -0.2) is 51.6 Å². The maximum atomic E-state index is 11.8. The topological polar surface area (TPSA) is 49.4 Å². The molecule has 0 fully saturated rings. The number of sulfonamides is 1. The molecular formula is C11H25ClN2O2S. The van der Waals surface area contributed by atoms with Gasteiger partial charge in [0, 0.05) is 18.5 Å². The van der Waals surface area contributed by atoms with E-state index in [1.807, 2.05) is 25.9 Å². The Hall–Kier alpha value is 0.160. The molecule has 4 nitrogen and oxygen atoms in total. The standard InChI is InChI=1S/C11H25ClN2O2S/c1-9(2)11(14(4)5)7-13-17(15,16)8-10(3)6-12/h9-11,13H,6-8H2,1-5H3. The molecule has 0 aromatic rings. The van der Waals surface area contributed by atoms with Crippen molar-refractivity contribution < 1.29 is 8.42 Å². The van der Waals surface area contributed by atoms with Gasteiger partial charge in [0.15, 0.2) is 0 Å². The van der Waals surface area contributed by atoms with Gasteiger partial charge in [-0.05, 0) is 25.9 Å². The summed E-state index contributed by atoms with van der Waals surface area (Å²) in [6, 6.07) is 0.205. The molecule has 0 aliphatic carbocycles. The highest BCUT2D eigenvalue weighted by molar-refractivity contribution is 7.89. The minimum atomic E-state index is -3.22. The van der Waals surface area contributed by atoms with Crippen molar-refractivity contribution in [1.29, 1.82) is 0 Å². The van der Waals surface area contributed by atoms with Crippen molar-refractivity contribution in [3.8, 4) is 0 Å². The molecule has 2 unspecified atom stereocenters. The van der Waals surface area contributed by atoms with Gasteiger partial charge in [0.2, 0.25) is 10.0 Å². The van der Waals surface area contributed by atoms with Crippen LogP contribution in [0.1, 0.15) is 20.8 Å². The molecule has 1 N–H and O–H groups in total. The Bertz CT molecular complexity index is 297. The van der Waals surface area contributed by atoms with Gasteiger partial charge in [0.05, 0.1) is 5.75 Å². The zero-order chi connectivity index (χ0) is 13.6. The Kier molecular flexibility index (Phi) is 7.63. The molecule has 0 aromatic heterocycles. The third-order valence-electron chi connectivity index (χ3n) is 2.71. The molecule has 0 heterocycles. The van der Waals surface area contributed by atoms with Gasteiger partial charge >= 0.3 is 0 Å². The van der Waals surface area contributed by atoms with E-state index in [4.69, 9.17) is 11.6 Å². The van der Waals surface area contributed by atoms with Crippen molar-refractivity contribution in [2.45, 2.75) is 26.8 Å². The molecular weight excluding hydrogens is 260 g/mol. The van der Waals surface area contributed by atoms with Crippen LogP contribution in [0.15, 0.2) is 0 Å². The molecule has 0 saturated carbocycles. The van der Waals surface area contributed by atoms with Crippen molar-refractivity contribution in [1.82, 2.24) is 9.62 Å². The largest absolute Gasteiger partial charge is 0.305 e. The van der Waals surface area contributed by atoms with Crippen LogP contribution in [0.5, 0.6) is 0 Å². The van der Waals surface area contributed by atoms with Gasteiger partial charge in [-0.2, -0.15) is 0 Å². The average molecular weight is 285 g/mol. The number of hydrogen-bond acceptors (Lipinski definition) is 3. The fraction of sp³-hybridized carbons (Fsp3) is 1.00. The fourth-order valence-electron chi connectivity index (χ4n) is 1.70. The molecule has 0 spiro atoms. The van der Waals surface area contributed by atoms with Gasteiger partial charge in [0.25, 0.3) is 0 Å². The summed E-state index contributed by atoms with van der Waals surface area (Å²) in [5.74, 6) is 0.834. The molecule has 104 valence electrons. The summed E-state index contributed by atoms with van der Waals surface area (Å²) in [5.41, 5.74) is 0. The van der Waals surface area contributed by atoms with Gasteiger partial charge < -0.3 is 4.90 Å². The van der Waals surface area contributed by atoms with Crippen LogP contribution in [0.25, 0.3) is 0 Å². The second-order valence-electron chi connectivity index (χ2n) is 5.16. The van der Waals surface area contributed by atoms with E-state index in [2.05, 4.69) is 18.6 Å². The van der Waals surface area contributed by atoms with Crippen molar-refractivity contribution in [3.05, 3.63) is 0 Å². The molecule has 0 aliphatic rings. The van der Waals surface area contributed by atoms with Gasteiger partial charge in [-0.15, -0.1) is 11.6 Å². The highest BCUT2D eigenvalue weighted by atomic mass is 35.5. The first kappa shape index (κ1) is 17.2. The number of alkyl halides is 1. The van der Waals surface area contributed by atoms with Gasteiger partial charge in [-0.25, -0.2) is 13.1 Å². The first-order valence-corrected chi connectivity index (χ1v) is 8.08. The van der Waals surface area contributed by atoms with Crippen molar-refractivity contribution in [3.63, 3.8) is 0 Å². The minimum absolute atomic E-state index is 0.0222. The number of likely N-dealkylation sites (N-methyl/N-ethyl adjacent to an activating group) is 1. The highest BCUT2D eigenvalue weighted by Crippen LogP contribution is 2.07. The summed E-state index contributed by atoms with van der Waals surface area (Å²) in [7, 11) is 0.701. The van der Waals surface area contributed by atoms with Gasteiger partial charge in [-0.3, -0.25) is 0 Å². The Labute approximate surface area is 111 Å². The average Bonchev–Trinajstić information content (AvgIpc) is 2.15. The van der Waals surface area contributed by atoms with E-state index in [-0.39, 0.29) is 17.7 Å². The molecule has 0 amide bonds. The van der Waals surface area contributed by atoms with E-state index in [1.165, 1.54) is 0 Å². The van der Waals surface area contributed by atoms with E-state index in [1.54, 1.807) is 0 Å². The van der Waals surface area contributed by atoms with E-state index in [0.717, 1.165) is 0 Å². The first-order chi connectivity index (χ1) is 7.69.